The molecule has 23 heavy (non-hydrogen) atoms. The van der Waals surface area contributed by atoms with Gasteiger partial charge < -0.3 is 19.6 Å². The second kappa shape index (κ2) is 7.73. The summed E-state index contributed by atoms with van der Waals surface area (Å²) in [6.07, 6.45) is 0. The van der Waals surface area contributed by atoms with E-state index >= 15 is 0 Å². The number of carboxylic acids is 1. The number of aromatic carboxylic acids is 1. The van der Waals surface area contributed by atoms with Crippen LogP contribution in [0.15, 0.2) is 39.6 Å². The molecule has 122 valence electrons. The minimum Gasteiger partial charge on any atom is -0.497 e. The molecule has 0 fully saturated rings. The molecule has 0 spiro atoms. The molecule has 0 atom stereocenters. The molecule has 2 rings (SSSR count). The number of furan rings is 1. The van der Waals surface area contributed by atoms with Gasteiger partial charge >= 0.3 is 5.97 Å². The van der Waals surface area contributed by atoms with Crippen molar-refractivity contribution >= 4 is 23.6 Å². The molecule has 1 aromatic carbocycles. The van der Waals surface area contributed by atoms with Gasteiger partial charge in [-0.3, -0.25) is 4.79 Å². The Morgan fingerprint density at radius 2 is 2.13 bits per heavy atom. The minimum atomic E-state index is -1.04. The van der Waals surface area contributed by atoms with Gasteiger partial charge in [0.05, 0.1) is 19.4 Å². The highest BCUT2D eigenvalue weighted by Crippen LogP contribution is 2.22. The van der Waals surface area contributed by atoms with Crippen LogP contribution in [-0.4, -0.2) is 29.8 Å². The van der Waals surface area contributed by atoms with Crippen LogP contribution in [0.25, 0.3) is 0 Å². The van der Waals surface area contributed by atoms with E-state index in [1.54, 1.807) is 14.0 Å². The lowest BCUT2D eigenvalue weighted by molar-refractivity contribution is -0.118. The van der Waals surface area contributed by atoms with Gasteiger partial charge in [-0.05, 0) is 31.2 Å². The van der Waals surface area contributed by atoms with Crippen molar-refractivity contribution in [3.8, 4) is 5.75 Å². The van der Waals surface area contributed by atoms with Crippen LogP contribution in [0, 0.1) is 6.92 Å². The topological polar surface area (TPSA) is 88.8 Å². The maximum absolute atomic E-state index is 11.8. The van der Waals surface area contributed by atoms with Crippen molar-refractivity contribution in [2.24, 2.45) is 0 Å². The van der Waals surface area contributed by atoms with E-state index in [4.69, 9.17) is 14.3 Å². The molecule has 0 saturated heterocycles. The molecule has 0 radical (unpaired) electrons. The third-order valence-electron chi connectivity index (χ3n) is 3.07. The van der Waals surface area contributed by atoms with Crippen LogP contribution in [0.1, 0.15) is 21.9 Å². The van der Waals surface area contributed by atoms with E-state index in [-0.39, 0.29) is 23.8 Å². The van der Waals surface area contributed by atoms with Crippen molar-refractivity contribution < 1.29 is 23.8 Å². The van der Waals surface area contributed by atoms with Crippen molar-refractivity contribution in [1.82, 2.24) is 5.32 Å². The lowest BCUT2D eigenvalue weighted by atomic mass is 10.2. The zero-order valence-corrected chi connectivity index (χ0v) is 13.6. The van der Waals surface area contributed by atoms with Crippen LogP contribution in [0.3, 0.4) is 0 Å². The first kappa shape index (κ1) is 17.0. The van der Waals surface area contributed by atoms with Gasteiger partial charge in [0.2, 0.25) is 5.91 Å². The van der Waals surface area contributed by atoms with Gasteiger partial charge in [0.25, 0.3) is 0 Å². The number of ether oxygens (including phenoxy) is 1. The second-order valence-corrected chi connectivity index (χ2v) is 5.78. The summed E-state index contributed by atoms with van der Waals surface area (Å²) in [7, 11) is 1.59. The Morgan fingerprint density at radius 1 is 1.35 bits per heavy atom. The zero-order chi connectivity index (χ0) is 16.8. The number of methoxy groups -OCH3 is 1. The summed E-state index contributed by atoms with van der Waals surface area (Å²) in [4.78, 5) is 23.7. The maximum Gasteiger partial charge on any atom is 0.339 e. The Kier molecular flexibility index (Phi) is 5.70. The summed E-state index contributed by atoms with van der Waals surface area (Å²) >= 11 is 1.39. The van der Waals surface area contributed by atoms with Crippen molar-refractivity contribution in [3.63, 3.8) is 0 Å². The molecule has 1 aromatic heterocycles. The van der Waals surface area contributed by atoms with E-state index in [9.17, 15) is 9.59 Å². The summed E-state index contributed by atoms with van der Waals surface area (Å²) < 4.78 is 10.4. The average molecular weight is 335 g/mol. The van der Waals surface area contributed by atoms with Crippen LogP contribution in [0.5, 0.6) is 5.75 Å². The van der Waals surface area contributed by atoms with Crippen LogP contribution < -0.4 is 10.1 Å². The first-order chi connectivity index (χ1) is 11.0. The van der Waals surface area contributed by atoms with Gasteiger partial charge in [-0.15, -0.1) is 11.8 Å². The van der Waals surface area contributed by atoms with Crippen LogP contribution >= 0.6 is 11.8 Å². The highest BCUT2D eigenvalue weighted by molar-refractivity contribution is 8.00. The number of nitrogens with one attached hydrogen (secondary N) is 1. The number of rotatable bonds is 7. The molecule has 7 heteroatoms. The molecule has 2 aromatic rings. The highest BCUT2D eigenvalue weighted by atomic mass is 32.2. The van der Waals surface area contributed by atoms with E-state index < -0.39 is 5.97 Å². The molecule has 1 heterocycles. The van der Waals surface area contributed by atoms with Crippen LogP contribution in [-0.2, 0) is 11.3 Å². The molecule has 6 nitrogen and oxygen atoms in total. The third-order valence-corrected chi connectivity index (χ3v) is 4.06. The predicted molar refractivity (Wildman–Crippen MR) is 86.0 cm³/mol. The van der Waals surface area contributed by atoms with E-state index in [1.165, 1.54) is 17.8 Å². The van der Waals surface area contributed by atoms with Crippen LogP contribution in [0.2, 0.25) is 0 Å². The van der Waals surface area contributed by atoms with E-state index in [0.717, 1.165) is 10.6 Å². The lowest BCUT2D eigenvalue weighted by Crippen LogP contribution is -2.24. The Hall–Kier alpha value is -2.41. The monoisotopic (exact) mass is 335 g/mol. The first-order valence-corrected chi connectivity index (χ1v) is 7.84. The number of hydrogen-bond donors (Lipinski definition) is 2. The number of carbonyl (C=O) groups is 2. The summed E-state index contributed by atoms with van der Waals surface area (Å²) in [6, 6.07) is 8.87. The Morgan fingerprint density at radius 3 is 2.78 bits per heavy atom. The average Bonchev–Trinajstić information content (AvgIpc) is 2.92. The Labute approximate surface area is 137 Å². The molecule has 2 N–H and O–H groups in total. The highest BCUT2D eigenvalue weighted by Gasteiger charge is 2.14. The molecular formula is C16H17NO5S. The van der Waals surface area contributed by atoms with E-state index in [0.29, 0.717) is 11.5 Å². The van der Waals surface area contributed by atoms with E-state index in [2.05, 4.69) is 5.32 Å². The standard InChI is InChI=1S/C16H17NO5S/c1-10-14(16(19)20)7-12(22-10)8-17-15(18)9-23-13-5-3-4-11(6-13)21-2/h3-7H,8-9H2,1-2H3,(H,17,18)(H,19,20). The Bertz CT molecular complexity index is 710. The fourth-order valence-corrected chi connectivity index (χ4v) is 2.69. The largest absolute Gasteiger partial charge is 0.497 e. The van der Waals surface area contributed by atoms with Crippen molar-refractivity contribution in [1.29, 1.82) is 0 Å². The third kappa shape index (κ3) is 4.79. The number of benzene rings is 1. The number of hydrogen-bond acceptors (Lipinski definition) is 5. The van der Waals surface area contributed by atoms with Crippen molar-refractivity contribution in [3.05, 3.63) is 47.4 Å². The SMILES string of the molecule is COc1cccc(SCC(=O)NCc2cc(C(=O)O)c(C)o2)c1. The molecule has 0 saturated carbocycles. The fraction of sp³-hybridized carbons (Fsp3) is 0.250. The molecule has 0 bridgehead atoms. The smallest absolute Gasteiger partial charge is 0.339 e. The normalized spacial score (nSPS) is 10.3. The molecule has 0 aliphatic rings. The van der Waals surface area contributed by atoms with Gasteiger partial charge in [-0.2, -0.15) is 0 Å². The number of carbonyl (C=O) groups excluding carboxylic acids is 1. The quantitative estimate of drug-likeness (QED) is 0.756. The maximum atomic E-state index is 11.8. The van der Waals surface area contributed by atoms with Crippen LogP contribution in [0.4, 0.5) is 0 Å². The summed E-state index contributed by atoms with van der Waals surface area (Å²) in [5.41, 5.74) is 0.111. The lowest BCUT2D eigenvalue weighted by Gasteiger charge is -2.05. The zero-order valence-electron chi connectivity index (χ0n) is 12.8. The van der Waals surface area contributed by atoms with Crippen molar-refractivity contribution in [2.45, 2.75) is 18.4 Å². The minimum absolute atomic E-state index is 0.111. The summed E-state index contributed by atoms with van der Waals surface area (Å²) in [6.45, 7) is 1.74. The van der Waals surface area contributed by atoms with Gasteiger partial charge in [0.15, 0.2) is 0 Å². The Balaban J connectivity index is 1.83. The number of aryl methyl sites for hydroxylation is 1. The molecular weight excluding hydrogens is 318 g/mol. The fourth-order valence-electron chi connectivity index (χ4n) is 1.92. The molecule has 0 aliphatic carbocycles. The summed E-state index contributed by atoms with van der Waals surface area (Å²) in [5.74, 6) is 0.523. The van der Waals surface area contributed by atoms with Gasteiger partial charge in [-0.25, -0.2) is 4.79 Å². The predicted octanol–water partition coefficient (Wildman–Crippen LogP) is 2.70. The van der Waals surface area contributed by atoms with E-state index in [1.807, 2.05) is 24.3 Å². The van der Waals surface area contributed by atoms with Gasteiger partial charge in [0, 0.05) is 4.90 Å². The van der Waals surface area contributed by atoms with Crippen molar-refractivity contribution in [2.75, 3.05) is 12.9 Å². The second-order valence-electron chi connectivity index (χ2n) is 4.73. The molecule has 0 unspecified atom stereocenters. The number of thioether (sulfide) groups is 1. The molecule has 0 aliphatic heterocycles. The number of amides is 1. The molecule has 1 amide bonds. The number of carboxylic acid groups (broad SMARTS) is 1. The summed E-state index contributed by atoms with van der Waals surface area (Å²) in [5, 5.41) is 11.6. The van der Waals surface area contributed by atoms with Gasteiger partial charge in [-0.1, -0.05) is 6.07 Å². The first-order valence-electron chi connectivity index (χ1n) is 6.85. The van der Waals surface area contributed by atoms with Gasteiger partial charge in [0.1, 0.15) is 22.8 Å².